The molecule has 0 aromatic heterocycles. The van der Waals surface area contributed by atoms with Gasteiger partial charge >= 0.3 is 0 Å². The van der Waals surface area contributed by atoms with E-state index < -0.39 is 0 Å². The van der Waals surface area contributed by atoms with Gasteiger partial charge in [0.05, 0.1) is 13.2 Å². The molecule has 0 saturated carbocycles. The number of carbonyl (C=O) groups excluding carboxylic acids is 2. The van der Waals surface area contributed by atoms with E-state index >= 15 is 0 Å². The Kier molecular flexibility index (Phi) is 9.13. The predicted molar refractivity (Wildman–Crippen MR) is 113 cm³/mol. The number of rotatable bonds is 10. The summed E-state index contributed by atoms with van der Waals surface area (Å²) in [6, 6.07) is 6.06. The first kappa shape index (κ1) is 22.6. The molecule has 1 N–H and O–H groups in total. The summed E-state index contributed by atoms with van der Waals surface area (Å²) in [5, 5.41) is 3.08. The number of benzene rings is 1. The maximum Gasteiger partial charge on any atom is 0.220 e. The van der Waals surface area contributed by atoms with Crippen LogP contribution >= 0.6 is 0 Å². The summed E-state index contributed by atoms with van der Waals surface area (Å²) in [5.74, 6) is 0.542. The van der Waals surface area contributed by atoms with Crippen molar-refractivity contribution in [2.45, 2.75) is 59.4 Å². The van der Waals surface area contributed by atoms with E-state index in [0.29, 0.717) is 24.1 Å². The van der Waals surface area contributed by atoms with Crippen LogP contribution in [0.5, 0.6) is 0 Å². The van der Waals surface area contributed by atoms with Gasteiger partial charge in [0, 0.05) is 44.1 Å². The number of aryl methyl sites for hydroxylation is 2. The van der Waals surface area contributed by atoms with Gasteiger partial charge in [-0.1, -0.05) is 38.8 Å². The Bertz CT molecular complexity index is 649. The molecule has 1 saturated heterocycles. The third-order valence-electron chi connectivity index (χ3n) is 6.02. The molecule has 156 valence electrons. The third-order valence-corrected chi connectivity index (χ3v) is 6.02. The van der Waals surface area contributed by atoms with Gasteiger partial charge in [-0.2, -0.15) is 0 Å². The number of Topliss-reactive ketones (excluding diaryl/α,β-unsaturated/α-hetero) is 1. The van der Waals surface area contributed by atoms with Gasteiger partial charge in [-0.15, -0.1) is 0 Å². The number of carbonyl (C=O) groups is 2. The van der Waals surface area contributed by atoms with E-state index in [1.807, 2.05) is 32.0 Å². The number of ketones is 1. The highest BCUT2D eigenvalue weighted by Gasteiger charge is 2.27. The van der Waals surface area contributed by atoms with Crippen molar-refractivity contribution in [2.24, 2.45) is 5.92 Å². The van der Waals surface area contributed by atoms with E-state index in [1.54, 1.807) is 0 Å². The molecule has 1 atom stereocenters. The van der Waals surface area contributed by atoms with Crippen molar-refractivity contribution < 1.29 is 14.3 Å². The van der Waals surface area contributed by atoms with Gasteiger partial charge in [0.25, 0.3) is 0 Å². The van der Waals surface area contributed by atoms with Gasteiger partial charge in [0.1, 0.15) is 0 Å². The van der Waals surface area contributed by atoms with Crippen molar-refractivity contribution in [1.29, 1.82) is 0 Å². The van der Waals surface area contributed by atoms with Crippen molar-refractivity contribution in [3.8, 4) is 0 Å². The monoisotopic (exact) mass is 388 g/mol. The second kappa shape index (κ2) is 11.3. The highest BCUT2D eigenvalue weighted by molar-refractivity contribution is 5.98. The summed E-state index contributed by atoms with van der Waals surface area (Å²) in [5.41, 5.74) is 2.97. The van der Waals surface area contributed by atoms with Crippen molar-refractivity contribution in [3.63, 3.8) is 0 Å². The average molecular weight is 389 g/mol. The Labute approximate surface area is 169 Å². The standard InChI is InChI=1S/C23H36N2O3/c1-5-19(6-2)21(25-11-13-28-14-12-25)16-24-23(27)10-9-22(26)20-8-7-17(3)18(4)15-20/h7-8,15,19,21H,5-6,9-14,16H2,1-4H3,(H,24,27). The summed E-state index contributed by atoms with van der Waals surface area (Å²) in [6.07, 6.45) is 2.69. The number of ether oxygens (including phenoxy) is 1. The average Bonchev–Trinajstić information content (AvgIpc) is 2.72. The van der Waals surface area contributed by atoms with E-state index in [2.05, 4.69) is 24.1 Å². The summed E-state index contributed by atoms with van der Waals surface area (Å²) in [4.78, 5) is 27.2. The lowest BCUT2D eigenvalue weighted by Gasteiger charge is -2.38. The normalized spacial score (nSPS) is 16.2. The molecule has 1 aliphatic rings. The van der Waals surface area contributed by atoms with Gasteiger partial charge in [0.15, 0.2) is 5.78 Å². The lowest BCUT2D eigenvalue weighted by atomic mass is 9.92. The summed E-state index contributed by atoms with van der Waals surface area (Å²) in [7, 11) is 0. The highest BCUT2D eigenvalue weighted by atomic mass is 16.5. The van der Waals surface area contributed by atoms with Crippen LogP contribution in [0.15, 0.2) is 18.2 Å². The molecule has 2 rings (SSSR count). The first-order valence-electron chi connectivity index (χ1n) is 10.6. The molecule has 1 aliphatic heterocycles. The van der Waals surface area contributed by atoms with Crippen LogP contribution < -0.4 is 5.32 Å². The van der Waals surface area contributed by atoms with Crippen LogP contribution in [-0.4, -0.2) is 55.5 Å². The minimum absolute atomic E-state index is 0.0305. The number of amides is 1. The number of nitrogens with one attached hydrogen (secondary N) is 1. The lowest BCUT2D eigenvalue weighted by Crippen LogP contribution is -2.52. The number of morpholine rings is 1. The van der Waals surface area contributed by atoms with Crippen LogP contribution in [0.2, 0.25) is 0 Å². The molecule has 5 nitrogen and oxygen atoms in total. The van der Waals surface area contributed by atoms with E-state index in [-0.39, 0.29) is 24.5 Å². The third kappa shape index (κ3) is 6.42. The van der Waals surface area contributed by atoms with E-state index in [9.17, 15) is 9.59 Å². The van der Waals surface area contributed by atoms with Crippen LogP contribution in [0.4, 0.5) is 0 Å². The molecule has 1 aromatic rings. The first-order valence-corrected chi connectivity index (χ1v) is 10.6. The van der Waals surface area contributed by atoms with Crippen molar-refractivity contribution >= 4 is 11.7 Å². The molecule has 1 fully saturated rings. The SMILES string of the molecule is CCC(CC)C(CNC(=O)CCC(=O)c1ccc(C)c(C)c1)N1CCOCC1. The molecule has 1 heterocycles. The number of nitrogens with zero attached hydrogens (tertiary/aromatic N) is 1. The molecule has 5 heteroatoms. The summed E-state index contributed by atoms with van der Waals surface area (Å²) in [6.45, 7) is 12.5. The molecular formula is C23H36N2O3. The molecule has 1 unspecified atom stereocenters. The van der Waals surface area contributed by atoms with Crippen molar-refractivity contribution in [3.05, 3.63) is 34.9 Å². The smallest absolute Gasteiger partial charge is 0.220 e. The fourth-order valence-corrected chi connectivity index (χ4v) is 3.93. The Morgan fingerprint density at radius 3 is 2.36 bits per heavy atom. The quantitative estimate of drug-likeness (QED) is 0.623. The Morgan fingerprint density at radius 2 is 1.75 bits per heavy atom. The second-order valence-corrected chi connectivity index (χ2v) is 7.82. The molecule has 0 aliphatic carbocycles. The Balaban J connectivity index is 1.85. The van der Waals surface area contributed by atoms with Crippen LogP contribution in [0.25, 0.3) is 0 Å². The van der Waals surface area contributed by atoms with Crippen LogP contribution in [-0.2, 0) is 9.53 Å². The van der Waals surface area contributed by atoms with Crippen LogP contribution in [0, 0.1) is 19.8 Å². The minimum Gasteiger partial charge on any atom is -0.379 e. The van der Waals surface area contributed by atoms with Gasteiger partial charge in [-0.05, 0) is 37.0 Å². The van der Waals surface area contributed by atoms with Crippen molar-refractivity contribution in [2.75, 3.05) is 32.8 Å². The largest absolute Gasteiger partial charge is 0.379 e. The molecule has 1 amide bonds. The molecule has 1 aromatic carbocycles. The van der Waals surface area contributed by atoms with E-state index in [1.165, 1.54) is 5.56 Å². The zero-order chi connectivity index (χ0) is 20.5. The van der Waals surface area contributed by atoms with Gasteiger partial charge in [0.2, 0.25) is 5.91 Å². The molecule has 0 radical (unpaired) electrons. The molecule has 0 bridgehead atoms. The number of hydrogen-bond donors (Lipinski definition) is 1. The zero-order valence-electron chi connectivity index (χ0n) is 17.9. The fraction of sp³-hybridized carbons (Fsp3) is 0.652. The summed E-state index contributed by atoms with van der Waals surface area (Å²) < 4.78 is 5.48. The molecular weight excluding hydrogens is 352 g/mol. The topological polar surface area (TPSA) is 58.6 Å². The fourth-order valence-electron chi connectivity index (χ4n) is 3.93. The highest BCUT2D eigenvalue weighted by Crippen LogP contribution is 2.20. The maximum atomic E-state index is 12.4. The maximum absolute atomic E-state index is 12.4. The minimum atomic E-state index is -0.0404. The summed E-state index contributed by atoms with van der Waals surface area (Å²) >= 11 is 0. The molecule has 0 spiro atoms. The van der Waals surface area contributed by atoms with Crippen LogP contribution in [0.1, 0.15) is 61.0 Å². The van der Waals surface area contributed by atoms with Crippen LogP contribution in [0.3, 0.4) is 0 Å². The molecule has 28 heavy (non-hydrogen) atoms. The number of hydrogen-bond acceptors (Lipinski definition) is 4. The van der Waals surface area contributed by atoms with Crippen molar-refractivity contribution in [1.82, 2.24) is 10.2 Å². The first-order chi connectivity index (χ1) is 13.5. The predicted octanol–water partition coefficient (Wildman–Crippen LogP) is 3.52. The second-order valence-electron chi connectivity index (χ2n) is 7.82. The van der Waals surface area contributed by atoms with E-state index in [4.69, 9.17) is 4.74 Å². The Morgan fingerprint density at radius 1 is 1.07 bits per heavy atom. The van der Waals surface area contributed by atoms with Gasteiger partial charge < -0.3 is 10.1 Å². The van der Waals surface area contributed by atoms with Gasteiger partial charge in [-0.3, -0.25) is 14.5 Å². The Hall–Kier alpha value is -1.72. The lowest BCUT2D eigenvalue weighted by molar-refractivity contribution is -0.121. The zero-order valence-corrected chi connectivity index (χ0v) is 17.9. The van der Waals surface area contributed by atoms with E-state index in [0.717, 1.165) is 44.7 Å². The van der Waals surface area contributed by atoms with Gasteiger partial charge in [-0.25, -0.2) is 0 Å².